The number of allylic oxidation sites excluding steroid dienone is 8. The lowest BCUT2D eigenvalue weighted by Crippen LogP contribution is -2.40. The Labute approximate surface area is 438 Å². The molecule has 0 aromatic carbocycles. The normalized spacial score (nSPS) is 13.1. The monoisotopic (exact) mass is 1000 g/mol. The lowest BCUT2D eigenvalue weighted by atomic mass is 10.0. The van der Waals surface area contributed by atoms with Gasteiger partial charge < -0.3 is 28.5 Å². The second-order valence-corrected chi connectivity index (χ2v) is 21.3. The van der Waals surface area contributed by atoms with Crippen LogP contribution in [0.5, 0.6) is 0 Å². The van der Waals surface area contributed by atoms with E-state index in [1.165, 1.54) is 180 Å². The topological polar surface area (TPSA) is 108 Å². The number of likely N-dealkylation sites (N-methyl/N-ethyl adjacent to an activating group) is 1. The second kappa shape index (κ2) is 53.5. The summed E-state index contributed by atoms with van der Waals surface area (Å²) in [6.45, 7) is 4.81. The van der Waals surface area contributed by atoms with E-state index in [1.807, 2.05) is 21.1 Å². The molecule has 9 heteroatoms. The van der Waals surface area contributed by atoms with E-state index in [9.17, 15) is 19.5 Å². The minimum Gasteiger partial charge on any atom is -0.477 e. The van der Waals surface area contributed by atoms with Gasteiger partial charge in [0.15, 0.2) is 6.10 Å². The van der Waals surface area contributed by atoms with Gasteiger partial charge in [-0.15, -0.1) is 0 Å². The molecule has 0 rings (SSSR count). The summed E-state index contributed by atoms with van der Waals surface area (Å²) in [7, 11) is 5.98. The molecule has 0 saturated carbocycles. The maximum atomic E-state index is 12.9. The number of hydrogen-bond donors (Lipinski definition) is 1. The third-order valence-electron chi connectivity index (χ3n) is 13.1. The van der Waals surface area contributed by atoms with E-state index in [0.717, 1.165) is 64.2 Å². The molecule has 0 saturated heterocycles. The van der Waals surface area contributed by atoms with Crippen LogP contribution in [0.2, 0.25) is 0 Å². The van der Waals surface area contributed by atoms with Gasteiger partial charge in [0.05, 0.1) is 34.4 Å². The van der Waals surface area contributed by atoms with Gasteiger partial charge in [0.25, 0.3) is 6.29 Å². The molecule has 1 N–H and O–H groups in total. The average Bonchev–Trinajstić information content (AvgIpc) is 3.34. The minimum atomic E-state index is -1.51. The van der Waals surface area contributed by atoms with E-state index in [0.29, 0.717) is 17.4 Å². The molecule has 0 heterocycles. The van der Waals surface area contributed by atoms with Crippen LogP contribution in [0.4, 0.5) is 0 Å². The van der Waals surface area contributed by atoms with Gasteiger partial charge in [-0.05, 0) is 51.4 Å². The number of carbonyl (C=O) groups excluding carboxylic acids is 2. The van der Waals surface area contributed by atoms with Gasteiger partial charge in [-0.1, -0.05) is 255 Å². The van der Waals surface area contributed by atoms with Crippen LogP contribution in [0.15, 0.2) is 48.6 Å². The molecule has 2 atom stereocenters. The van der Waals surface area contributed by atoms with Crippen LogP contribution in [0.1, 0.15) is 271 Å². The number of unbranched alkanes of at least 4 members (excludes halogenated alkanes) is 32. The molecule has 0 amide bonds. The third-order valence-corrected chi connectivity index (χ3v) is 13.1. The Hall–Kier alpha value is -2.75. The van der Waals surface area contributed by atoms with Gasteiger partial charge in [-0.25, -0.2) is 4.79 Å². The molecular weight excluding hydrogens is 887 g/mol. The summed E-state index contributed by atoms with van der Waals surface area (Å²) < 4.78 is 22.9. The predicted octanol–water partition coefficient (Wildman–Crippen LogP) is 17.5. The molecule has 414 valence electrons. The van der Waals surface area contributed by atoms with Crippen LogP contribution in [0.3, 0.4) is 0 Å². The molecule has 71 heavy (non-hydrogen) atoms. The predicted molar refractivity (Wildman–Crippen MR) is 300 cm³/mol. The molecule has 0 aliphatic heterocycles. The van der Waals surface area contributed by atoms with Gasteiger partial charge in [-0.3, -0.25) is 9.59 Å². The first kappa shape index (κ1) is 68.2. The first-order chi connectivity index (χ1) is 34.6. The SMILES string of the molecule is CC/C=C\C/C=C\C/C=C\C/C=C\CCCCCCCCCCCCCCCCCCC(=O)OC(COC(=O)CCCCCCCCCCCCCCCCCCC)COC(OCC[N+](C)(C)C)C(=O)O. The Bertz CT molecular complexity index is 1300. The Morgan fingerprint density at radius 2 is 0.803 bits per heavy atom. The molecule has 9 nitrogen and oxygen atoms in total. The number of hydrogen-bond acceptors (Lipinski definition) is 7. The Morgan fingerprint density at radius 3 is 1.20 bits per heavy atom. The smallest absolute Gasteiger partial charge is 0.361 e. The number of esters is 2. The fourth-order valence-corrected chi connectivity index (χ4v) is 8.54. The van der Waals surface area contributed by atoms with Crippen molar-refractivity contribution in [2.45, 2.75) is 283 Å². The summed E-state index contributed by atoms with van der Waals surface area (Å²) in [4.78, 5) is 37.4. The van der Waals surface area contributed by atoms with Gasteiger partial charge in [-0.2, -0.15) is 0 Å². The summed E-state index contributed by atoms with van der Waals surface area (Å²) >= 11 is 0. The first-order valence-corrected chi connectivity index (χ1v) is 29.8. The quantitative estimate of drug-likeness (QED) is 0.0211. The fraction of sp³-hybridized carbons (Fsp3) is 0.823. The van der Waals surface area contributed by atoms with Crippen molar-refractivity contribution in [3.8, 4) is 0 Å². The lowest BCUT2D eigenvalue weighted by Gasteiger charge is -2.25. The van der Waals surface area contributed by atoms with Crippen LogP contribution in [0.25, 0.3) is 0 Å². The van der Waals surface area contributed by atoms with Crippen molar-refractivity contribution in [1.29, 1.82) is 0 Å². The summed E-state index contributed by atoms with van der Waals surface area (Å²) in [5, 5.41) is 9.70. The van der Waals surface area contributed by atoms with E-state index in [2.05, 4.69) is 62.5 Å². The highest BCUT2D eigenvalue weighted by Crippen LogP contribution is 2.17. The molecule has 0 aromatic heterocycles. The molecule has 2 unspecified atom stereocenters. The van der Waals surface area contributed by atoms with Crippen molar-refractivity contribution < 1.29 is 42.9 Å². The van der Waals surface area contributed by atoms with Crippen molar-refractivity contribution in [2.75, 3.05) is 47.5 Å². The molecule has 0 aliphatic rings. The van der Waals surface area contributed by atoms with Gasteiger partial charge in [0.2, 0.25) is 0 Å². The highest BCUT2D eigenvalue weighted by molar-refractivity contribution is 5.71. The second-order valence-electron chi connectivity index (χ2n) is 21.3. The maximum Gasteiger partial charge on any atom is 0.361 e. The lowest BCUT2D eigenvalue weighted by molar-refractivity contribution is -0.870. The van der Waals surface area contributed by atoms with Crippen LogP contribution in [0, 0.1) is 0 Å². The standard InChI is InChI=1S/C62H113NO8/c1-6-8-10-12-14-16-18-20-22-24-25-26-27-28-29-30-31-32-33-34-35-37-39-41-43-45-47-49-51-53-60(65)71-58(57-70-62(61(66)67)68-55-54-63(3,4)5)56-69-59(64)52-50-48-46-44-42-40-38-36-23-21-19-17-15-13-11-9-7-2/h8,10,14,16,20,22,25-26,58,62H,6-7,9,11-13,15,17-19,21,23-24,27-57H2,1-5H3/p+1/b10-8-,16-14-,22-20-,26-25-. The number of aliphatic carboxylic acids is 1. The fourth-order valence-electron chi connectivity index (χ4n) is 8.54. The highest BCUT2D eigenvalue weighted by atomic mass is 16.7. The molecular formula is C62H114NO8+. The number of carboxylic acids is 1. The van der Waals surface area contributed by atoms with Crippen LogP contribution < -0.4 is 0 Å². The molecule has 0 spiro atoms. The number of rotatable bonds is 55. The van der Waals surface area contributed by atoms with E-state index in [1.54, 1.807) is 0 Å². The summed E-state index contributed by atoms with van der Waals surface area (Å²) in [5.74, 6) is -1.99. The van der Waals surface area contributed by atoms with E-state index in [-0.39, 0.29) is 32.2 Å². The minimum absolute atomic E-state index is 0.178. The maximum absolute atomic E-state index is 12.9. The molecule has 0 aromatic rings. The van der Waals surface area contributed by atoms with Gasteiger partial charge in [0, 0.05) is 12.8 Å². The molecule has 0 fully saturated rings. The van der Waals surface area contributed by atoms with Gasteiger partial charge in [0.1, 0.15) is 13.2 Å². The van der Waals surface area contributed by atoms with E-state index in [4.69, 9.17) is 18.9 Å². The molecule has 0 bridgehead atoms. The largest absolute Gasteiger partial charge is 0.477 e. The number of nitrogens with zero attached hydrogens (tertiary/aromatic N) is 1. The number of ether oxygens (including phenoxy) is 4. The number of quaternary nitrogens is 1. The van der Waals surface area contributed by atoms with Crippen LogP contribution >= 0.6 is 0 Å². The van der Waals surface area contributed by atoms with Crippen molar-refractivity contribution in [3.63, 3.8) is 0 Å². The Morgan fingerprint density at radius 1 is 0.437 bits per heavy atom. The van der Waals surface area contributed by atoms with Crippen LogP contribution in [-0.2, 0) is 33.3 Å². The molecule has 0 radical (unpaired) electrons. The Kier molecular flexibility index (Phi) is 51.5. The van der Waals surface area contributed by atoms with Crippen molar-refractivity contribution in [3.05, 3.63) is 48.6 Å². The highest BCUT2D eigenvalue weighted by Gasteiger charge is 2.25. The van der Waals surface area contributed by atoms with Crippen molar-refractivity contribution >= 4 is 17.9 Å². The Balaban J connectivity index is 4.15. The number of carboxylic acid groups (broad SMARTS) is 1. The zero-order chi connectivity index (χ0) is 52.0. The zero-order valence-electron chi connectivity index (χ0n) is 47.1. The molecule has 0 aliphatic carbocycles. The van der Waals surface area contributed by atoms with E-state index < -0.39 is 24.3 Å². The van der Waals surface area contributed by atoms with Crippen molar-refractivity contribution in [2.24, 2.45) is 0 Å². The number of carbonyl (C=O) groups is 3. The third kappa shape index (κ3) is 54.9. The average molecular weight is 1000 g/mol. The van der Waals surface area contributed by atoms with Crippen molar-refractivity contribution in [1.82, 2.24) is 0 Å². The summed E-state index contributed by atoms with van der Waals surface area (Å²) in [6, 6.07) is 0. The van der Waals surface area contributed by atoms with E-state index >= 15 is 0 Å². The van der Waals surface area contributed by atoms with Gasteiger partial charge >= 0.3 is 17.9 Å². The first-order valence-electron chi connectivity index (χ1n) is 29.8. The van der Waals surface area contributed by atoms with Crippen LogP contribution in [-0.4, -0.2) is 87.4 Å². The summed E-state index contributed by atoms with van der Waals surface area (Å²) in [5.41, 5.74) is 0. The zero-order valence-corrected chi connectivity index (χ0v) is 47.1. The summed E-state index contributed by atoms with van der Waals surface area (Å²) in [6.07, 6.45) is 63.3.